The number of benzene rings is 4. The monoisotopic (exact) mass is 620 g/mol. The van der Waals surface area contributed by atoms with Crippen molar-refractivity contribution in [3.63, 3.8) is 0 Å². The summed E-state index contributed by atoms with van der Waals surface area (Å²) in [6.45, 7) is 4.43. The number of carbonyl (C=O) groups excluding carboxylic acids is 4. The number of fused-ring (bicyclic) bond motifs is 2. The largest absolute Gasteiger partial charge is 1.00 e. The van der Waals surface area contributed by atoms with Crippen LogP contribution in [0.25, 0.3) is 5.32 Å². The second-order valence-corrected chi connectivity index (χ2v) is 9.68. The molecule has 6 nitrogen and oxygen atoms in total. The summed E-state index contributed by atoms with van der Waals surface area (Å²) in [5, 5.41) is 4.23. The minimum atomic E-state index is -0.425. The van der Waals surface area contributed by atoms with E-state index >= 15 is 0 Å². The molecule has 0 N–H and O–H groups in total. The Hall–Kier alpha value is -2.72. The van der Waals surface area contributed by atoms with Gasteiger partial charge in [-0.25, -0.2) is 0 Å². The second-order valence-electron chi connectivity index (χ2n) is 9.11. The molecule has 0 saturated carbocycles. The first-order chi connectivity index (χ1) is 18.8. The van der Waals surface area contributed by atoms with Gasteiger partial charge in [-0.2, -0.15) is 0 Å². The summed E-state index contributed by atoms with van der Waals surface area (Å²) in [5.74, 6) is -1.27. The predicted molar refractivity (Wildman–Crippen MR) is 154 cm³/mol. The van der Waals surface area contributed by atoms with Gasteiger partial charge in [-0.05, 0) is 37.1 Å². The zero-order chi connectivity index (χ0) is 27.9. The van der Waals surface area contributed by atoms with Crippen LogP contribution in [0.4, 0.5) is 0 Å². The smallest absolute Gasteiger partial charge is 0.587 e. The van der Waals surface area contributed by atoms with E-state index in [2.05, 4.69) is 52.4 Å². The van der Waals surface area contributed by atoms with Crippen LogP contribution in [0, 0.1) is 13.8 Å². The van der Waals surface area contributed by atoms with Crippen LogP contribution in [0.1, 0.15) is 63.7 Å². The van der Waals surface area contributed by atoms with Gasteiger partial charge in [0.05, 0.1) is 29.5 Å². The van der Waals surface area contributed by atoms with Crippen molar-refractivity contribution in [1.29, 1.82) is 0 Å². The van der Waals surface area contributed by atoms with Gasteiger partial charge in [-0.3, -0.25) is 14.5 Å². The summed E-state index contributed by atoms with van der Waals surface area (Å²) in [5.41, 5.74) is 6.60. The number of halogens is 1. The van der Waals surface area contributed by atoms with Crippen LogP contribution in [0.15, 0.2) is 97.1 Å². The van der Waals surface area contributed by atoms with E-state index in [1.54, 1.807) is 48.5 Å². The third kappa shape index (κ3) is 7.72. The number of carbonyl (C=O) groups is 4. The number of nitrogens with zero attached hydrogens (tertiary/aromatic N) is 2. The molecule has 2 heterocycles. The first-order valence-electron chi connectivity index (χ1n) is 12.3. The fraction of sp³-hybridized carbons (Fsp3) is 0.125. The van der Waals surface area contributed by atoms with Crippen LogP contribution in [-0.4, -0.2) is 28.5 Å². The fourth-order valence-corrected chi connectivity index (χ4v) is 4.38. The average Bonchev–Trinajstić information content (AvgIpc) is 3.38. The van der Waals surface area contributed by atoms with Crippen molar-refractivity contribution in [3.05, 3.63) is 147 Å². The molecule has 4 amide bonds. The predicted octanol–water partition coefficient (Wildman–Crippen LogP) is 4.04. The molecule has 0 atom stereocenters. The summed E-state index contributed by atoms with van der Waals surface area (Å²) < 4.78 is 0. The maximum Gasteiger partial charge on any atom is 1.00 e. The van der Waals surface area contributed by atoms with Gasteiger partial charge in [-0.1, -0.05) is 112 Å². The quantitative estimate of drug-likeness (QED) is 0.197. The Morgan fingerprint density at radius 2 is 0.950 bits per heavy atom. The van der Waals surface area contributed by atoms with Crippen molar-refractivity contribution in [2.75, 3.05) is 0 Å². The Labute approximate surface area is 284 Å². The van der Waals surface area contributed by atoms with E-state index in [0.717, 1.165) is 16.5 Å². The number of imide groups is 2. The minimum absolute atomic E-state index is 0. The van der Waals surface area contributed by atoms with Crippen molar-refractivity contribution in [2.45, 2.75) is 25.7 Å². The van der Waals surface area contributed by atoms with Crippen molar-refractivity contribution in [1.82, 2.24) is 4.90 Å². The molecule has 4 aromatic carbocycles. The molecule has 196 valence electrons. The number of alkyl halides is 1. The first-order valence-corrected chi connectivity index (χ1v) is 13.4. The third-order valence-electron chi connectivity index (χ3n) is 6.21. The molecule has 4 aromatic rings. The van der Waals surface area contributed by atoms with E-state index in [0.29, 0.717) is 28.8 Å². The van der Waals surface area contributed by atoms with Crippen LogP contribution in [-0.2, 0) is 11.9 Å². The maximum atomic E-state index is 12.2. The minimum Gasteiger partial charge on any atom is -0.587 e. The summed E-state index contributed by atoms with van der Waals surface area (Å²) in [6, 6.07) is 29.9. The number of rotatable bonds is 3. The van der Waals surface area contributed by atoms with Gasteiger partial charge in [0, 0.05) is 16.5 Å². The molecule has 0 radical (unpaired) electrons. The van der Waals surface area contributed by atoms with Crippen LogP contribution >= 0.6 is 15.9 Å². The van der Waals surface area contributed by atoms with Gasteiger partial charge < -0.3 is 14.9 Å². The standard InChI is InChI=1S/C16H13NO2.C8H9Br.C8H5NO2.K/c1-11-6-8-12(9-7-11)10-17-15(18)13-4-2-3-5-14(13)16(17)19;1-7-2-4-8(6-9)5-3-7;10-7-5-3-1-2-4-6(5)8(11)9-7;/h2-9H,10H2,1H3;2-5H,6H2,1H3;1-4H,(H,9,10,11);/q;;;+1/p-1. The van der Waals surface area contributed by atoms with E-state index < -0.39 is 11.8 Å². The molecule has 0 bridgehead atoms. The van der Waals surface area contributed by atoms with Crippen molar-refractivity contribution in [3.8, 4) is 0 Å². The molecule has 2 aliphatic rings. The Balaban J connectivity index is 0.000000179. The number of hydrogen-bond acceptors (Lipinski definition) is 4. The van der Waals surface area contributed by atoms with E-state index in [9.17, 15) is 19.2 Å². The topological polar surface area (TPSA) is 85.6 Å². The zero-order valence-corrected chi connectivity index (χ0v) is 27.3. The molecule has 0 aliphatic carbocycles. The Kier molecular flexibility index (Phi) is 11.7. The van der Waals surface area contributed by atoms with Gasteiger partial charge in [0.2, 0.25) is 0 Å². The summed E-state index contributed by atoms with van der Waals surface area (Å²) in [6.07, 6.45) is 0. The molecule has 0 saturated heterocycles. The summed E-state index contributed by atoms with van der Waals surface area (Å²) in [7, 11) is 0. The van der Waals surface area contributed by atoms with Crippen molar-refractivity contribution in [2.24, 2.45) is 0 Å². The van der Waals surface area contributed by atoms with E-state index in [4.69, 9.17) is 0 Å². The molecule has 0 fully saturated rings. The fourth-order valence-electron chi connectivity index (χ4n) is 4.00. The number of aryl methyl sites for hydroxylation is 2. The Bertz CT molecular complexity index is 1470. The molecular formula is C32H26BrKN2O4. The molecule has 8 heteroatoms. The normalized spacial score (nSPS) is 12.7. The Morgan fingerprint density at radius 3 is 1.35 bits per heavy atom. The van der Waals surface area contributed by atoms with Crippen LogP contribution < -0.4 is 51.4 Å². The van der Waals surface area contributed by atoms with Crippen molar-refractivity contribution >= 4 is 39.6 Å². The SMILES string of the molecule is Cc1ccc(CBr)cc1.Cc1ccc(CN2C(=O)c3ccccc3C2=O)cc1.O=C1[N-]C(=O)c2ccccc21.[K+]. The van der Waals surface area contributed by atoms with Crippen LogP contribution in [0.2, 0.25) is 0 Å². The third-order valence-corrected chi connectivity index (χ3v) is 6.85. The molecule has 0 unspecified atom stereocenters. The van der Waals surface area contributed by atoms with Gasteiger partial charge in [-0.15, -0.1) is 0 Å². The van der Waals surface area contributed by atoms with Crippen molar-refractivity contribution < 1.29 is 70.6 Å². The zero-order valence-electron chi connectivity index (χ0n) is 22.6. The second kappa shape index (κ2) is 14.8. The molecule has 0 spiro atoms. The first kappa shape index (κ1) is 31.8. The average molecular weight is 622 g/mol. The van der Waals surface area contributed by atoms with E-state index in [1.807, 2.05) is 31.2 Å². The van der Waals surface area contributed by atoms with E-state index in [1.165, 1.54) is 16.0 Å². The summed E-state index contributed by atoms with van der Waals surface area (Å²) >= 11 is 3.38. The van der Waals surface area contributed by atoms with Crippen LogP contribution in [0.3, 0.4) is 0 Å². The van der Waals surface area contributed by atoms with E-state index in [-0.39, 0.29) is 63.2 Å². The maximum absolute atomic E-state index is 12.2. The van der Waals surface area contributed by atoms with Gasteiger partial charge >= 0.3 is 51.4 Å². The number of amides is 4. The van der Waals surface area contributed by atoms with Gasteiger partial charge in [0.15, 0.2) is 0 Å². The molecule has 0 aromatic heterocycles. The van der Waals surface area contributed by atoms with Gasteiger partial charge in [0.1, 0.15) is 0 Å². The van der Waals surface area contributed by atoms with Gasteiger partial charge in [0.25, 0.3) is 11.8 Å². The molecule has 2 aliphatic heterocycles. The number of hydrogen-bond donors (Lipinski definition) is 0. The Morgan fingerprint density at radius 1 is 0.575 bits per heavy atom. The molecule has 6 rings (SSSR count). The molecular weight excluding hydrogens is 595 g/mol. The summed E-state index contributed by atoms with van der Waals surface area (Å²) in [4.78, 5) is 47.4. The molecule has 40 heavy (non-hydrogen) atoms. The van der Waals surface area contributed by atoms with Crippen LogP contribution in [0.5, 0.6) is 0 Å².